The first-order valence-corrected chi connectivity index (χ1v) is 7.43. The van der Waals surface area contributed by atoms with Crippen LogP contribution in [0.4, 0.5) is 0 Å². The van der Waals surface area contributed by atoms with Gasteiger partial charge in [-0.15, -0.1) is 11.8 Å². The van der Waals surface area contributed by atoms with Crippen molar-refractivity contribution in [1.82, 2.24) is 10.3 Å². The van der Waals surface area contributed by atoms with Gasteiger partial charge >= 0.3 is 5.97 Å². The first kappa shape index (κ1) is 15.1. The molecule has 1 aromatic carbocycles. The molecule has 1 heterocycles. The first-order chi connectivity index (χ1) is 10.1. The molecule has 0 aliphatic rings. The fourth-order valence-electron chi connectivity index (χ4n) is 1.68. The third kappa shape index (κ3) is 4.06. The lowest BCUT2D eigenvalue weighted by molar-refractivity contribution is 0.0690. The van der Waals surface area contributed by atoms with Gasteiger partial charge in [0.25, 0.3) is 5.91 Å². The number of carbonyl (C=O) groups is 2. The van der Waals surface area contributed by atoms with Crippen molar-refractivity contribution < 1.29 is 14.7 Å². The molecule has 0 unspecified atom stereocenters. The maximum Gasteiger partial charge on any atom is 0.354 e. The molecule has 0 aliphatic carbocycles. The Morgan fingerprint density at radius 3 is 2.43 bits per heavy atom. The standard InChI is InChI=1S/C15H14N2O3S/c1-21-12-5-3-11(4-6-12)14(18)17-9-10-2-7-13(15(19)20)16-8-10/h2-8H,9H2,1H3,(H,17,18)(H,19,20). The Kier molecular flexibility index (Phi) is 4.94. The molecule has 6 heteroatoms. The van der Waals surface area contributed by atoms with E-state index < -0.39 is 5.97 Å². The summed E-state index contributed by atoms with van der Waals surface area (Å²) in [5, 5.41) is 11.5. The lowest BCUT2D eigenvalue weighted by Gasteiger charge is -2.06. The number of hydrogen-bond acceptors (Lipinski definition) is 4. The molecular formula is C15H14N2O3S. The van der Waals surface area contributed by atoms with Gasteiger partial charge in [0, 0.05) is 23.2 Å². The van der Waals surface area contributed by atoms with Crippen molar-refractivity contribution in [3.05, 3.63) is 59.4 Å². The summed E-state index contributed by atoms with van der Waals surface area (Å²) in [7, 11) is 0. The Morgan fingerprint density at radius 2 is 1.90 bits per heavy atom. The molecule has 0 saturated heterocycles. The fourth-order valence-corrected chi connectivity index (χ4v) is 2.09. The SMILES string of the molecule is CSc1ccc(C(=O)NCc2ccc(C(=O)O)nc2)cc1. The van der Waals surface area contributed by atoms with E-state index in [1.807, 2.05) is 18.4 Å². The number of aromatic carboxylic acids is 1. The number of carbonyl (C=O) groups excluding carboxylic acids is 1. The lowest BCUT2D eigenvalue weighted by Crippen LogP contribution is -2.22. The maximum absolute atomic E-state index is 12.0. The molecule has 0 atom stereocenters. The van der Waals surface area contributed by atoms with Gasteiger partial charge in [0.05, 0.1) is 0 Å². The summed E-state index contributed by atoms with van der Waals surface area (Å²) in [5.74, 6) is -1.25. The van der Waals surface area contributed by atoms with Crippen LogP contribution < -0.4 is 5.32 Å². The highest BCUT2D eigenvalue weighted by molar-refractivity contribution is 7.98. The molecular weight excluding hydrogens is 288 g/mol. The minimum absolute atomic E-state index is 0.0160. The van der Waals surface area contributed by atoms with Crippen LogP contribution in [0.25, 0.3) is 0 Å². The molecule has 0 radical (unpaired) electrons. The van der Waals surface area contributed by atoms with Crippen molar-refractivity contribution in [3.8, 4) is 0 Å². The Morgan fingerprint density at radius 1 is 1.19 bits per heavy atom. The van der Waals surface area contributed by atoms with E-state index in [4.69, 9.17) is 5.11 Å². The molecule has 0 aliphatic heterocycles. The summed E-state index contributed by atoms with van der Waals surface area (Å²) >= 11 is 1.62. The van der Waals surface area contributed by atoms with Gasteiger partial charge in [0.15, 0.2) is 0 Å². The van der Waals surface area contributed by atoms with Gasteiger partial charge in [-0.3, -0.25) is 4.79 Å². The highest BCUT2D eigenvalue weighted by atomic mass is 32.2. The third-order valence-corrected chi connectivity index (χ3v) is 3.59. The average molecular weight is 302 g/mol. The van der Waals surface area contributed by atoms with Crippen molar-refractivity contribution in [2.45, 2.75) is 11.4 Å². The van der Waals surface area contributed by atoms with E-state index in [2.05, 4.69) is 10.3 Å². The van der Waals surface area contributed by atoms with Crippen molar-refractivity contribution in [2.24, 2.45) is 0 Å². The van der Waals surface area contributed by atoms with Gasteiger partial charge in [-0.1, -0.05) is 6.07 Å². The number of benzene rings is 1. The summed E-state index contributed by atoms with van der Waals surface area (Å²) < 4.78 is 0. The zero-order valence-electron chi connectivity index (χ0n) is 11.4. The van der Waals surface area contributed by atoms with Crippen LogP contribution in [0, 0.1) is 0 Å². The molecule has 21 heavy (non-hydrogen) atoms. The number of nitrogens with one attached hydrogen (secondary N) is 1. The molecule has 0 fully saturated rings. The Hall–Kier alpha value is -2.34. The Labute approximate surface area is 126 Å². The van der Waals surface area contributed by atoms with E-state index in [9.17, 15) is 9.59 Å². The highest BCUT2D eigenvalue weighted by Gasteiger charge is 2.07. The molecule has 0 bridgehead atoms. The zero-order valence-corrected chi connectivity index (χ0v) is 12.2. The summed E-state index contributed by atoms with van der Waals surface area (Å²) in [4.78, 5) is 27.5. The van der Waals surface area contributed by atoms with Gasteiger partial charge in [-0.2, -0.15) is 0 Å². The normalized spacial score (nSPS) is 10.1. The largest absolute Gasteiger partial charge is 0.477 e. The maximum atomic E-state index is 12.0. The predicted octanol–water partition coefficient (Wildman–Crippen LogP) is 2.43. The first-order valence-electron chi connectivity index (χ1n) is 6.20. The molecule has 2 rings (SSSR count). The number of thioether (sulfide) groups is 1. The zero-order chi connectivity index (χ0) is 15.2. The van der Waals surface area contributed by atoms with Gasteiger partial charge in [-0.25, -0.2) is 9.78 Å². The van der Waals surface area contributed by atoms with Crippen LogP contribution in [0.3, 0.4) is 0 Å². The monoisotopic (exact) mass is 302 g/mol. The second kappa shape index (κ2) is 6.90. The van der Waals surface area contributed by atoms with Crippen molar-refractivity contribution >= 4 is 23.6 Å². The van der Waals surface area contributed by atoms with Gasteiger partial charge in [0.1, 0.15) is 5.69 Å². The van der Waals surface area contributed by atoms with Crippen LogP contribution >= 0.6 is 11.8 Å². The van der Waals surface area contributed by atoms with Crippen LogP contribution in [-0.2, 0) is 6.54 Å². The van der Waals surface area contributed by atoms with E-state index in [0.29, 0.717) is 12.1 Å². The van der Waals surface area contributed by atoms with E-state index in [1.165, 1.54) is 12.3 Å². The molecule has 108 valence electrons. The third-order valence-electron chi connectivity index (χ3n) is 2.85. The molecule has 5 nitrogen and oxygen atoms in total. The van der Waals surface area contributed by atoms with Crippen molar-refractivity contribution in [3.63, 3.8) is 0 Å². The highest BCUT2D eigenvalue weighted by Crippen LogP contribution is 2.14. The van der Waals surface area contributed by atoms with Gasteiger partial charge in [-0.05, 0) is 42.2 Å². The molecule has 2 N–H and O–H groups in total. The van der Waals surface area contributed by atoms with Crippen molar-refractivity contribution in [1.29, 1.82) is 0 Å². The number of amides is 1. The number of rotatable bonds is 5. The fraction of sp³-hybridized carbons (Fsp3) is 0.133. The topological polar surface area (TPSA) is 79.3 Å². The average Bonchev–Trinajstić information content (AvgIpc) is 2.53. The molecule has 0 saturated carbocycles. The number of aromatic nitrogens is 1. The lowest BCUT2D eigenvalue weighted by atomic mass is 10.2. The van der Waals surface area contributed by atoms with Crippen LogP contribution in [-0.4, -0.2) is 28.2 Å². The minimum atomic E-state index is -1.07. The van der Waals surface area contributed by atoms with E-state index >= 15 is 0 Å². The van der Waals surface area contributed by atoms with Gasteiger partial charge in [0.2, 0.25) is 0 Å². The van der Waals surface area contributed by atoms with Crippen LogP contribution in [0.1, 0.15) is 26.4 Å². The number of nitrogens with zero attached hydrogens (tertiary/aromatic N) is 1. The summed E-state index contributed by atoms with van der Waals surface area (Å²) in [5.41, 5.74) is 1.31. The molecule has 1 aromatic heterocycles. The van der Waals surface area contributed by atoms with Crippen LogP contribution in [0.5, 0.6) is 0 Å². The smallest absolute Gasteiger partial charge is 0.354 e. The summed E-state index contributed by atoms with van der Waals surface area (Å²) in [6, 6.07) is 10.4. The second-order valence-electron chi connectivity index (χ2n) is 4.27. The number of pyridine rings is 1. The summed E-state index contributed by atoms with van der Waals surface area (Å²) in [6.07, 6.45) is 3.42. The van der Waals surface area contributed by atoms with E-state index in [-0.39, 0.29) is 11.6 Å². The van der Waals surface area contributed by atoms with Crippen LogP contribution in [0.15, 0.2) is 47.5 Å². The number of carboxylic acids is 1. The second-order valence-corrected chi connectivity index (χ2v) is 5.15. The Bertz CT molecular complexity index is 639. The van der Waals surface area contributed by atoms with Crippen molar-refractivity contribution in [2.75, 3.05) is 6.26 Å². The van der Waals surface area contributed by atoms with Gasteiger partial charge < -0.3 is 10.4 Å². The van der Waals surface area contributed by atoms with Crippen LogP contribution in [0.2, 0.25) is 0 Å². The number of hydrogen-bond donors (Lipinski definition) is 2. The van der Waals surface area contributed by atoms with E-state index in [1.54, 1.807) is 30.0 Å². The molecule has 1 amide bonds. The predicted molar refractivity (Wildman–Crippen MR) is 80.6 cm³/mol. The van der Waals surface area contributed by atoms with E-state index in [0.717, 1.165) is 10.5 Å². The minimum Gasteiger partial charge on any atom is -0.477 e. The summed E-state index contributed by atoms with van der Waals surface area (Å²) in [6.45, 7) is 0.302. The quantitative estimate of drug-likeness (QED) is 0.829. The number of carboxylic acid groups (broad SMARTS) is 1. The Balaban J connectivity index is 1.95. The molecule has 0 spiro atoms. The molecule has 2 aromatic rings.